The number of ketones is 1. The highest BCUT2D eigenvalue weighted by Gasteiger charge is 2.28. The summed E-state index contributed by atoms with van der Waals surface area (Å²) in [7, 11) is 1.49. The molecule has 49 heavy (non-hydrogen) atoms. The number of hydrogen-bond donors (Lipinski definition) is 5. The van der Waals surface area contributed by atoms with E-state index in [9.17, 15) is 15.0 Å². The van der Waals surface area contributed by atoms with Gasteiger partial charge in [0, 0.05) is 36.9 Å². The molecule has 2 aliphatic rings. The first kappa shape index (κ1) is 35.6. The van der Waals surface area contributed by atoms with Gasteiger partial charge < -0.3 is 35.9 Å². The van der Waals surface area contributed by atoms with Crippen LogP contribution >= 0.6 is 0 Å². The van der Waals surface area contributed by atoms with Crippen LogP contribution in [0.3, 0.4) is 0 Å². The average Bonchev–Trinajstić information content (AvgIpc) is 3.09. The predicted octanol–water partition coefficient (Wildman–Crippen LogP) is 3.97. The number of hydrogen-bond acceptors (Lipinski definition) is 8. The number of aliphatic hydroxyl groups excluding tert-OH is 1. The molecule has 10 nitrogen and oxygen atoms in total. The number of carbonyl (C=O) groups is 1. The summed E-state index contributed by atoms with van der Waals surface area (Å²) in [5.74, 6) is 8.37. The lowest BCUT2D eigenvalue weighted by molar-refractivity contribution is -0.121. The molecule has 3 aromatic rings. The van der Waals surface area contributed by atoms with Gasteiger partial charge in [0.2, 0.25) is 0 Å². The minimum atomic E-state index is -0.778. The minimum absolute atomic E-state index is 0.0172. The lowest BCUT2D eigenvalue weighted by Gasteiger charge is -2.30. The van der Waals surface area contributed by atoms with Crippen molar-refractivity contribution in [3.8, 4) is 34.8 Å². The van der Waals surface area contributed by atoms with Crippen molar-refractivity contribution in [1.29, 1.82) is 0 Å². The molecule has 0 spiro atoms. The first-order valence-corrected chi connectivity index (χ1v) is 17.1. The molecule has 0 saturated carbocycles. The maximum absolute atomic E-state index is 12.9. The van der Waals surface area contributed by atoms with Crippen LogP contribution in [0.25, 0.3) is 0 Å². The lowest BCUT2D eigenvalue weighted by Crippen LogP contribution is -2.27. The minimum Gasteiger partial charge on any atom is -0.504 e. The number of aromatic hydroxyl groups is 1. The van der Waals surface area contributed by atoms with Crippen LogP contribution in [0, 0.1) is 17.8 Å². The topological polar surface area (TPSA) is 162 Å². The molecule has 2 bridgehead atoms. The molecule has 0 fully saturated rings. The molecule has 2 atom stereocenters. The number of aliphatic hydroxyl groups is 1. The van der Waals surface area contributed by atoms with Crippen LogP contribution in [0.15, 0.2) is 53.5 Å². The Morgan fingerprint density at radius 2 is 1.90 bits per heavy atom. The summed E-state index contributed by atoms with van der Waals surface area (Å²) in [5, 5.41) is 24.9. The summed E-state index contributed by atoms with van der Waals surface area (Å²) >= 11 is 0. The van der Waals surface area contributed by atoms with E-state index in [1.54, 1.807) is 12.1 Å². The van der Waals surface area contributed by atoms with Gasteiger partial charge in [-0.15, -0.1) is 0 Å². The Hall–Kier alpha value is -4.72. The largest absolute Gasteiger partial charge is 0.504 e. The van der Waals surface area contributed by atoms with Crippen LogP contribution in [0.1, 0.15) is 65.5 Å². The van der Waals surface area contributed by atoms with Crippen molar-refractivity contribution in [2.75, 3.05) is 33.5 Å². The number of phenols is 1. The van der Waals surface area contributed by atoms with Crippen LogP contribution in [0.5, 0.6) is 23.0 Å². The van der Waals surface area contributed by atoms with Crippen molar-refractivity contribution in [1.82, 2.24) is 5.32 Å². The number of methoxy groups -OCH3 is 1. The summed E-state index contributed by atoms with van der Waals surface area (Å²) in [4.78, 5) is 17.1. The van der Waals surface area contributed by atoms with E-state index in [1.165, 1.54) is 12.7 Å². The van der Waals surface area contributed by atoms with Gasteiger partial charge in [-0.05, 0) is 80.2 Å². The number of aliphatic imine (C=N–C) groups is 1. The third kappa shape index (κ3) is 9.91. The second-order valence-corrected chi connectivity index (χ2v) is 12.8. The Bertz CT molecular complexity index is 1680. The molecule has 1 aliphatic heterocycles. The first-order valence-electron chi connectivity index (χ1n) is 17.1. The van der Waals surface area contributed by atoms with Crippen LogP contribution in [-0.2, 0) is 36.9 Å². The zero-order valence-corrected chi connectivity index (χ0v) is 28.3. The number of aryl methyl sites for hydroxylation is 3. The quantitative estimate of drug-likeness (QED) is 0.0670. The van der Waals surface area contributed by atoms with Crippen LogP contribution in [0.4, 0.5) is 0 Å². The number of fused-ring (bicyclic) bond motifs is 5. The van der Waals surface area contributed by atoms with E-state index < -0.39 is 6.10 Å². The highest BCUT2D eigenvalue weighted by Crippen LogP contribution is 2.43. The zero-order valence-electron chi connectivity index (χ0n) is 28.3. The fraction of sp³-hybridized carbons (Fsp3) is 0.436. The fourth-order valence-corrected chi connectivity index (χ4v) is 6.50. The van der Waals surface area contributed by atoms with E-state index in [1.807, 2.05) is 6.07 Å². The summed E-state index contributed by atoms with van der Waals surface area (Å²) in [5.41, 5.74) is 16.7. The summed E-state index contributed by atoms with van der Waals surface area (Å²) in [6.07, 6.45) is 4.77. The highest BCUT2D eigenvalue weighted by atomic mass is 16.5. The molecule has 2 unspecified atom stereocenters. The third-order valence-electron chi connectivity index (χ3n) is 9.08. The van der Waals surface area contributed by atoms with Gasteiger partial charge in [-0.3, -0.25) is 15.1 Å². The number of benzene rings is 3. The van der Waals surface area contributed by atoms with Crippen molar-refractivity contribution >= 4 is 11.7 Å². The SMILES string of the molecule is COc1c(O)ccc2c1C#CCc1cc(c3c(c1OCNCCCc1ccccc1)OCC(CCN=C(N)N)C3)CCC(O)CC(=O)CC2. The standard InChI is InChI=1S/C39H48N4O6/c1-47-37-33-11-5-10-30-22-29(13-16-32(45)23-31(44)15-12-28(33)14-17-35(37)46)34-21-27(18-20-43-39(40)41)24-48-38(34)36(30)49-25-42-19-6-9-26-7-3-2-4-8-26/h2-4,7-8,14,17,22,27,32,42,45-46H,6,9-10,12-13,15-16,18-21,23-25H2,1H3,(H4,40,41,43). The first-order chi connectivity index (χ1) is 23.8. The van der Waals surface area contributed by atoms with Gasteiger partial charge in [-0.2, -0.15) is 0 Å². The zero-order chi connectivity index (χ0) is 34.6. The number of phenolic OH excluding ortho intramolecular Hbond substituents is 1. The summed E-state index contributed by atoms with van der Waals surface area (Å²) in [6.45, 7) is 2.08. The molecule has 3 aromatic carbocycles. The normalized spacial score (nSPS) is 17.6. The van der Waals surface area contributed by atoms with E-state index in [-0.39, 0.29) is 42.0 Å². The number of nitrogens with one attached hydrogen (secondary N) is 1. The fourth-order valence-electron chi connectivity index (χ4n) is 6.50. The second-order valence-electron chi connectivity index (χ2n) is 12.8. The average molecular weight is 669 g/mol. The maximum atomic E-state index is 12.9. The van der Waals surface area contributed by atoms with E-state index in [2.05, 4.69) is 52.5 Å². The Kier molecular flexibility index (Phi) is 12.8. The molecule has 0 amide bonds. The molecule has 0 saturated heterocycles. The van der Waals surface area contributed by atoms with Crippen molar-refractivity contribution in [2.24, 2.45) is 22.4 Å². The van der Waals surface area contributed by atoms with Crippen molar-refractivity contribution in [3.63, 3.8) is 0 Å². The number of guanidine groups is 1. The molecule has 1 aliphatic carbocycles. The molecule has 10 heteroatoms. The van der Waals surface area contributed by atoms with Gasteiger partial charge in [0.05, 0.1) is 25.4 Å². The van der Waals surface area contributed by atoms with Crippen LogP contribution < -0.4 is 31.0 Å². The van der Waals surface area contributed by atoms with Gasteiger partial charge in [0.1, 0.15) is 12.5 Å². The Labute approximate surface area is 288 Å². The van der Waals surface area contributed by atoms with Crippen molar-refractivity contribution < 1.29 is 29.2 Å². The molecular formula is C39H48N4O6. The smallest absolute Gasteiger partial charge is 0.185 e. The maximum Gasteiger partial charge on any atom is 0.185 e. The molecule has 0 aromatic heterocycles. The van der Waals surface area contributed by atoms with E-state index in [0.29, 0.717) is 62.6 Å². The molecule has 5 rings (SSSR count). The molecule has 260 valence electrons. The Balaban J connectivity index is 1.46. The molecule has 7 N–H and O–H groups in total. The number of nitrogens with zero attached hydrogens (tertiary/aromatic N) is 1. The van der Waals surface area contributed by atoms with Crippen molar-refractivity contribution in [2.45, 2.75) is 70.3 Å². The third-order valence-corrected chi connectivity index (χ3v) is 9.08. The number of carbonyl (C=O) groups excluding carboxylic acids is 1. The van der Waals surface area contributed by atoms with Crippen molar-refractivity contribution in [3.05, 3.63) is 81.9 Å². The summed E-state index contributed by atoms with van der Waals surface area (Å²) in [6, 6.07) is 15.8. The van der Waals surface area contributed by atoms with Gasteiger partial charge in [-0.25, -0.2) is 0 Å². The molecule has 0 radical (unpaired) electrons. The monoisotopic (exact) mass is 668 g/mol. The van der Waals surface area contributed by atoms with Crippen LogP contribution in [-0.4, -0.2) is 61.6 Å². The number of rotatable bonds is 11. The molecular weight excluding hydrogens is 620 g/mol. The van der Waals surface area contributed by atoms with Gasteiger partial charge >= 0.3 is 0 Å². The van der Waals surface area contributed by atoms with Gasteiger partial charge in [0.15, 0.2) is 29.0 Å². The number of Topliss-reactive ketones (excluding diaryl/α,β-unsaturated/α-hetero) is 1. The highest BCUT2D eigenvalue weighted by molar-refractivity contribution is 5.79. The van der Waals surface area contributed by atoms with E-state index >= 15 is 0 Å². The number of nitrogens with two attached hydrogens (primary N) is 2. The Morgan fingerprint density at radius 1 is 1.06 bits per heavy atom. The van der Waals surface area contributed by atoms with Gasteiger partial charge in [0.25, 0.3) is 0 Å². The van der Waals surface area contributed by atoms with E-state index in [0.717, 1.165) is 54.5 Å². The second kappa shape index (κ2) is 17.6. The van der Waals surface area contributed by atoms with Gasteiger partial charge in [-0.1, -0.05) is 54.3 Å². The predicted molar refractivity (Wildman–Crippen MR) is 190 cm³/mol. The lowest BCUT2D eigenvalue weighted by atomic mass is 9.86. The molecule has 1 heterocycles. The Morgan fingerprint density at radius 3 is 2.69 bits per heavy atom. The van der Waals surface area contributed by atoms with Crippen LogP contribution in [0.2, 0.25) is 0 Å². The number of ether oxygens (including phenoxy) is 3. The van der Waals surface area contributed by atoms with E-state index in [4.69, 9.17) is 25.7 Å². The summed E-state index contributed by atoms with van der Waals surface area (Å²) < 4.78 is 18.5.